The van der Waals surface area contributed by atoms with E-state index in [1.807, 2.05) is 18.7 Å². The summed E-state index contributed by atoms with van der Waals surface area (Å²) in [5, 5.41) is 2.60. The van der Waals surface area contributed by atoms with Crippen LogP contribution in [-0.4, -0.2) is 61.1 Å². The van der Waals surface area contributed by atoms with Crippen molar-refractivity contribution in [3.8, 4) is 0 Å². The fourth-order valence-corrected chi connectivity index (χ4v) is 2.79. The minimum atomic E-state index is -4.41. The van der Waals surface area contributed by atoms with Crippen LogP contribution in [0.5, 0.6) is 0 Å². The van der Waals surface area contributed by atoms with Gasteiger partial charge in [-0.3, -0.25) is 9.69 Å². The van der Waals surface area contributed by atoms with Crippen LogP contribution in [0.2, 0.25) is 0 Å². The number of amides is 2. The highest BCUT2D eigenvalue weighted by Gasteiger charge is 2.30. The van der Waals surface area contributed by atoms with Crippen molar-refractivity contribution in [1.29, 1.82) is 0 Å². The van der Waals surface area contributed by atoms with Gasteiger partial charge in [-0.1, -0.05) is 13.8 Å². The summed E-state index contributed by atoms with van der Waals surface area (Å²) in [7, 11) is 0. The van der Waals surface area contributed by atoms with E-state index in [1.54, 1.807) is 4.90 Å². The summed E-state index contributed by atoms with van der Waals surface area (Å²) in [6.07, 6.45) is -4.04. The Kier molecular flexibility index (Phi) is 7.68. The van der Waals surface area contributed by atoms with Gasteiger partial charge in [0.05, 0.1) is 18.7 Å². The molecule has 1 aromatic rings. The van der Waals surface area contributed by atoms with Crippen LogP contribution in [0.4, 0.5) is 23.7 Å². The highest BCUT2D eigenvalue weighted by Crippen LogP contribution is 2.29. The maximum absolute atomic E-state index is 12.6. The van der Waals surface area contributed by atoms with Gasteiger partial charge in [0.1, 0.15) is 0 Å². The lowest BCUT2D eigenvalue weighted by molar-refractivity contribution is -0.137. The third kappa shape index (κ3) is 7.03. The number of anilines is 1. The van der Waals surface area contributed by atoms with E-state index in [1.165, 1.54) is 12.1 Å². The average Bonchev–Trinajstić information content (AvgIpc) is 2.85. The van der Waals surface area contributed by atoms with Gasteiger partial charge in [0.15, 0.2) is 0 Å². The average molecular weight is 401 g/mol. The van der Waals surface area contributed by atoms with Gasteiger partial charge in [-0.15, -0.1) is 0 Å². The van der Waals surface area contributed by atoms with Crippen molar-refractivity contribution in [2.75, 3.05) is 44.6 Å². The molecule has 1 aliphatic heterocycles. The number of alkyl halides is 3. The van der Waals surface area contributed by atoms with Crippen LogP contribution >= 0.6 is 0 Å². The molecular weight excluding hydrogens is 375 g/mol. The second-order valence-electron chi connectivity index (χ2n) is 7.21. The quantitative estimate of drug-likeness (QED) is 0.821. The number of halogens is 3. The lowest BCUT2D eigenvalue weighted by Crippen LogP contribution is -2.38. The van der Waals surface area contributed by atoms with E-state index in [9.17, 15) is 22.8 Å². The Hall–Kier alpha value is -2.29. The standard InChI is InChI=1S/C19H26F3N3O3/c1-14(2)13-28-18(27)25-9-3-8-24(10-11-25)12-17(26)23-16-6-4-15(5-7-16)19(20,21)22/h4-7,14H,3,8-13H2,1-2H3,(H,23,26). The van der Waals surface area contributed by atoms with Crippen LogP contribution in [0.15, 0.2) is 24.3 Å². The molecule has 0 unspecified atom stereocenters. The van der Waals surface area contributed by atoms with Crippen molar-refractivity contribution < 1.29 is 27.5 Å². The second kappa shape index (κ2) is 9.77. The molecule has 1 fully saturated rings. The minimum Gasteiger partial charge on any atom is -0.449 e. The molecule has 2 amide bonds. The van der Waals surface area contributed by atoms with E-state index in [-0.39, 0.29) is 24.5 Å². The van der Waals surface area contributed by atoms with Crippen molar-refractivity contribution in [2.24, 2.45) is 5.92 Å². The van der Waals surface area contributed by atoms with E-state index in [0.29, 0.717) is 44.9 Å². The highest BCUT2D eigenvalue weighted by atomic mass is 19.4. The fourth-order valence-electron chi connectivity index (χ4n) is 2.79. The molecule has 6 nitrogen and oxygen atoms in total. The van der Waals surface area contributed by atoms with Crippen LogP contribution in [0, 0.1) is 5.92 Å². The predicted octanol–water partition coefficient (Wildman–Crippen LogP) is 3.44. The van der Waals surface area contributed by atoms with Crippen molar-refractivity contribution in [3.05, 3.63) is 29.8 Å². The zero-order valence-electron chi connectivity index (χ0n) is 16.1. The van der Waals surface area contributed by atoms with Gasteiger partial charge in [0.2, 0.25) is 5.91 Å². The number of hydrogen-bond donors (Lipinski definition) is 1. The molecule has 1 N–H and O–H groups in total. The highest BCUT2D eigenvalue weighted by molar-refractivity contribution is 5.92. The first-order valence-corrected chi connectivity index (χ1v) is 9.26. The first-order valence-electron chi connectivity index (χ1n) is 9.26. The maximum atomic E-state index is 12.6. The number of rotatable bonds is 5. The van der Waals surface area contributed by atoms with Crippen LogP contribution in [0.25, 0.3) is 0 Å². The van der Waals surface area contributed by atoms with Crippen molar-refractivity contribution in [1.82, 2.24) is 9.80 Å². The largest absolute Gasteiger partial charge is 0.449 e. The Morgan fingerprint density at radius 1 is 1.11 bits per heavy atom. The van der Waals surface area contributed by atoms with Crippen LogP contribution in [-0.2, 0) is 15.7 Å². The molecular formula is C19H26F3N3O3. The van der Waals surface area contributed by atoms with Gasteiger partial charge < -0.3 is 15.0 Å². The molecule has 9 heteroatoms. The molecule has 28 heavy (non-hydrogen) atoms. The summed E-state index contributed by atoms with van der Waals surface area (Å²) in [5.41, 5.74) is -0.450. The van der Waals surface area contributed by atoms with E-state index < -0.39 is 11.7 Å². The van der Waals surface area contributed by atoms with Gasteiger partial charge in [-0.25, -0.2) is 4.79 Å². The summed E-state index contributed by atoms with van der Waals surface area (Å²) >= 11 is 0. The van der Waals surface area contributed by atoms with Gasteiger partial charge in [-0.05, 0) is 36.6 Å². The molecule has 1 saturated heterocycles. The lowest BCUT2D eigenvalue weighted by atomic mass is 10.2. The van der Waals surface area contributed by atoms with E-state index in [4.69, 9.17) is 4.74 Å². The summed E-state index contributed by atoms with van der Waals surface area (Å²) in [6, 6.07) is 4.33. The van der Waals surface area contributed by atoms with Gasteiger partial charge in [-0.2, -0.15) is 13.2 Å². The Morgan fingerprint density at radius 2 is 1.79 bits per heavy atom. The van der Waals surface area contributed by atoms with E-state index in [0.717, 1.165) is 12.1 Å². The van der Waals surface area contributed by atoms with Gasteiger partial charge >= 0.3 is 12.3 Å². The third-order valence-electron chi connectivity index (χ3n) is 4.25. The van der Waals surface area contributed by atoms with Crippen molar-refractivity contribution in [2.45, 2.75) is 26.4 Å². The minimum absolute atomic E-state index is 0.107. The van der Waals surface area contributed by atoms with Crippen LogP contribution in [0.3, 0.4) is 0 Å². The van der Waals surface area contributed by atoms with Crippen molar-refractivity contribution in [3.63, 3.8) is 0 Å². The molecule has 0 spiro atoms. The molecule has 0 aromatic heterocycles. The number of hydrogen-bond acceptors (Lipinski definition) is 4. The third-order valence-corrected chi connectivity index (χ3v) is 4.25. The normalized spacial score (nSPS) is 16.0. The molecule has 0 saturated carbocycles. The van der Waals surface area contributed by atoms with Crippen molar-refractivity contribution >= 4 is 17.7 Å². The Balaban J connectivity index is 1.80. The second-order valence-corrected chi connectivity index (χ2v) is 7.21. The molecule has 1 heterocycles. The van der Waals surface area contributed by atoms with Gasteiger partial charge in [0, 0.05) is 31.9 Å². The molecule has 1 aliphatic rings. The number of ether oxygens (including phenoxy) is 1. The predicted molar refractivity (Wildman–Crippen MR) is 98.9 cm³/mol. The number of nitrogens with one attached hydrogen (secondary N) is 1. The molecule has 1 aromatic carbocycles. The lowest BCUT2D eigenvalue weighted by Gasteiger charge is -2.21. The SMILES string of the molecule is CC(C)COC(=O)N1CCCN(CC(=O)Nc2ccc(C(F)(F)F)cc2)CC1. The summed E-state index contributed by atoms with van der Waals surface area (Å²) in [5.74, 6) is -0.0445. The number of carbonyl (C=O) groups excluding carboxylic acids is 2. The molecule has 156 valence electrons. The Morgan fingerprint density at radius 3 is 2.39 bits per heavy atom. The number of carbonyl (C=O) groups is 2. The van der Waals surface area contributed by atoms with E-state index in [2.05, 4.69) is 5.32 Å². The Labute approximate surface area is 162 Å². The molecule has 0 aliphatic carbocycles. The summed E-state index contributed by atoms with van der Waals surface area (Å²) in [4.78, 5) is 27.8. The van der Waals surface area contributed by atoms with Crippen LogP contribution < -0.4 is 5.32 Å². The Bertz CT molecular complexity index is 663. The monoisotopic (exact) mass is 401 g/mol. The fraction of sp³-hybridized carbons (Fsp3) is 0.579. The number of nitrogens with zero attached hydrogens (tertiary/aromatic N) is 2. The topological polar surface area (TPSA) is 61.9 Å². The van der Waals surface area contributed by atoms with Crippen LogP contribution in [0.1, 0.15) is 25.8 Å². The van der Waals surface area contributed by atoms with E-state index >= 15 is 0 Å². The first-order chi connectivity index (χ1) is 13.1. The molecule has 2 rings (SSSR count). The maximum Gasteiger partial charge on any atom is 0.416 e. The smallest absolute Gasteiger partial charge is 0.416 e. The molecule has 0 radical (unpaired) electrons. The molecule has 0 atom stereocenters. The van der Waals surface area contributed by atoms with Gasteiger partial charge in [0.25, 0.3) is 0 Å². The molecule has 0 bridgehead atoms. The summed E-state index contributed by atoms with van der Waals surface area (Å²) < 4.78 is 43.0. The first kappa shape index (κ1) is 22.0. The summed E-state index contributed by atoms with van der Waals surface area (Å²) in [6.45, 7) is 6.61. The zero-order valence-corrected chi connectivity index (χ0v) is 16.1. The zero-order chi connectivity index (χ0) is 20.7. The number of benzene rings is 1.